The number of piperazine rings is 1. The number of urea groups is 1. The zero-order valence-corrected chi connectivity index (χ0v) is 16.4. The summed E-state index contributed by atoms with van der Waals surface area (Å²) in [4.78, 5) is 28.6. The molecule has 6 heteroatoms. The van der Waals surface area contributed by atoms with Crippen LogP contribution in [-0.2, 0) is 4.79 Å². The highest BCUT2D eigenvalue weighted by Gasteiger charge is 2.28. The Morgan fingerprint density at radius 1 is 1.07 bits per heavy atom. The maximum atomic E-state index is 12.7. The Labute approximate surface area is 166 Å². The lowest BCUT2D eigenvalue weighted by Gasteiger charge is -2.35. The number of para-hydroxylation sites is 1. The van der Waals surface area contributed by atoms with Crippen molar-refractivity contribution in [3.63, 3.8) is 0 Å². The van der Waals surface area contributed by atoms with Gasteiger partial charge in [0.1, 0.15) is 12.3 Å². The molecule has 3 amide bonds. The van der Waals surface area contributed by atoms with Gasteiger partial charge in [-0.15, -0.1) is 0 Å². The van der Waals surface area contributed by atoms with Crippen molar-refractivity contribution < 1.29 is 14.3 Å². The summed E-state index contributed by atoms with van der Waals surface area (Å²) < 4.78 is 5.47. The molecule has 0 bridgehead atoms. The summed E-state index contributed by atoms with van der Waals surface area (Å²) in [6.45, 7) is 5.68. The van der Waals surface area contributed by atoms with Crippen molar-refractivity contribution in [2.24, 2.45) is 0 Å². The molecule has 2 aromatic carbocycles. The van der Waals surface area contributed by atoms with E-state index in [2.05, 4.69) is 5.32 Å². The molecule has 0 aliphatic carbocycles. The highest BCUT2D eigenvalue weighted by atomic mass is 16.5. The normalized spacial score (nSPS) is 15.3. The molecule has 28 heavy (non-hydrogen) atoms. The van der Waals surface area contributed by atoms with Crippen molar-refractivity contribution in [3.8, 4) is 5.75 Å². The minimum Gasteiger partial charge on any atom is -0.494 e. The number of amides is 3. The Bertz CT molecular complexity index is 792. The molecule has 1 N–H and O–H groups in total. The van der Waals surface area contributed by atoms with Crippen molar-refractivity contribution in [2.45, 2.75) is 26.3 Å². The Balaban J connectivity index is 1.60. The van der Waals surface area contributed by atoms with Crippen LogP contribution in [-0.4, -0.2) is 43.1 Å². The van der Waals surface area contributed by atoms with E-state index in [1.165, 1.54) is 0 Å². The van der Waals surface area contributed by atoms with E-state index >= 15 is 0 Å². The first kappa shape index (κ1) is 19.7. The van der Waals surface area contributed by atoms with E-state index in [-0.39, 0.29) is 24.5 Å². The third-order valence-corrected chi connectivity index (χ3v) is 4.88. The highest BCUT2D eigenvalue weighted by Crippen LogP contribution is 2.21. The molecular weight excluding hydrogens is 354 g/mol. The van der Waals surface area contributed by atoms with Gasteiger partial charge in [-0.3, -0.25) is 4.79 Å². The van der Waals surface area contributed by atoms with Crippen LogP contribution < -0.4 is 15.0 Å². The Morgan fingerprint density at radius 3 is 2.39 bits per heavy atom. The second kappa shape index (κ2) is 9.26. The zero-order valence-electron chi connectivity index (χ0n) is 16.4. The zero-order chi connectivity index (χ0) is 19.9. The highest BCUT2D eigenvalue weighted by molar-refractivity contribution is 5.97. The number of nitrogens with one attached hydrogen (secondary N) is 1. The average molecular weight is 381 g/mol. The van der Waals surface area contributed by atoms with Crippen LogP contribution in [0.3, 0.4) is 0 Å². The molecule has 1 heterocycles. The summed E-state index contributed by atoms with van der Waals surface area (Å²) in [7, 11) is 0. The van der Waals surface area contributed by atoms with Gasteiger partial charge in [0.15, 0.2) is 0 Å². The molecule has 1 aliphatic rings. The number of carbonyl (C=O) groups excluding carboxylic acids is 2. The van der Waals surface area contributed by atoms with Gasteiger partial charge in [0.2, 0.25) is 5.91 Å². The minimum absolute atomic E-state index is 0.0679. The van der Waals surface area contributed by atoms with Crippen LogP contribution >= 0.6 is 0 Å². The number of carbonyl (C=O) groups is 2. The summed E-state index contributed by atoms with van der Waals surface area (Å²) >= 11 is 0. The van der Waals surface area contributed by atoms with E-state index in [0.29, 0.717) is 19.7 Å². The first-order valence-electron chi connectivity index (χ1n) is 9.76. The fourth-order valence-corrected chi connectivity index (χ4v) is 3.35. The third kappa shape index (κ3) is 4.63. The molecule has 0 spiro atoms. The Kier molecular flexibility index (Phi) is 6.53. The first-order chi connectivity index (χ1) is 13.6. The van der Waals surface area contributed by atoms with Crippen molar-refractivity contribution in [1.82, 2.24) is 10.2 Å². The predicted molar refractivity (Wildman–Crippen MR) is 110 cm³/mol. The van der Waals surface area contributed by atoms with Gasteiger partial charge in [0.05, 0.1) is 12.6 Å². The van der Waals surface area contributed by atoms with Gasteiger partial charge in [0.25, 0.3) is 0 Å². The molecular formula is C22H27N3O3. The van der Waals surface area contributed by atoms with Crippen LogP contribution in [0.4, 0.5) is 10.5 Å². The van der Waals surface area contributed by atoms with Crippen LogP contribution in [0.25, 0.3) is 0 Å². The van der Waals surface area contributed by atoms with Crippen molar-refractivity contribution >= 4 is 17.6 Å². The number of anilines is 1. The molecule has 3 rings (SSSR count). The van der Waals surface area contributed by atoms with E-state index in [1.807, 2.05) is 68.4 Å². The van der Waals surface area contributed by atoms with E-state index in [1.54, 1.807) is 9.80 Å². The molecule has 0 unspecified atom stereocenters. The van der Waals surface area contributed by atoms with Crippen molar-refractivity contribution in [3.05, 3.63) is 60.2 Å². The molecule has 6 nitrogen and oxygen atoms in total. The number of ether oxygens (including phenoxy) is 1. The fraction of sp³-hybridized carbons (Fsp3) is 0.364. The van der Waals surface area contributed by atoms with Gasteiger partial charge in [0, 0.05) is 18.8 Å². The number of nitrogens with zero attached hydrogens (tertiary/aromatic N) is 2. The molecule has 1 fully saturated rings. The van der Waals surface area contributed by atoms with Crippen LogP contribution in [0.1, 0.15) is 31.9 Å². The molecule has 2 aromatic rings. The fourth-order valence-electron chi connectivity index (χ4n) is 3.35. The second-order valence-corrected chi connectivity index (χ2v) is 6.71. The van der Waals surface area contributed by atoms with Gasteiger partial charge >= 0.3 is 6.03 Å². The van der Waals surface area contributed by atoms with Gasteiger partial charge in [-0.25, -0.2) is 4.79 Å². The van der Waals surface area contributed by atoms with Gasteiger partial charge < -0.3 is 19.9 Å². The lowest BCUT2D eigenvalue weighted by Crippen LogP contribution is -2.55. The van der Waals surface area contributed by atoms with Crippen LogP contribution in [0.15, 0.2) is 54.6 Å². The van der Waals surface area contributed by atoms with Crippen LogP contribution in [0.2, 0.25) is 0 Å². The number of benzene rings is 2. The number of rotatable bonds is 6. The van der Waals surface area contributed by atoms with Gasteiger partial charge in [-0.05, 0) is 43.2 Å². The Hall–Kier alpha value is -3.02. The largest absolute Gasteiger partial charge is 0.494 e. The molecule has 0 saturated carbocycles. The quantitative estimate of drug-likeness (QED) is 0.832. The van der Waals surface area contributed by atoms with Crippen LogP contribution in [0, 0.1) is 0 Å². The van der Waals surface area contributed by atoms with E-state index in [4.69, 9.17) is 4.74 Å². The van der Waals surface area contributed by atoms with Gasteiger partial charge in [-0.2, -0.15) is 0 Å². The van der Waals surface area contributed by atoms with Crippen LogP contribution in [0.5, 0.6) is 5.75 Å². The standard InChI is InChI=1S/C22H27N3O3/c1-3-20(17-10-12-19(13-11-17)28-4-2)23-22(27)24-14-15-25(21(26)16-24)18-8-6-5-7-9-18/h5-13,20H,3-4,14-16H2,1-2H3,(H,23,27)/t20-/m1/s1. The summed E-state index contributed by atoms with van der Waals surface area (Å²) in [5, 5.41) is 3.05. The molecule has 1 atom stereocenters. The smallest absolute Gasteiger partial charge is 0.318 e. The SMILES string of the molecule is CCOc1ccc([C@@H](CC)NC(=O)N2CCN(c3ccccc3)C(=O)C2)cc1. The molecule has 0 radical (unpaired) electrons. The second-order valence-electron chi connectivity index (χ2n) is 6.71. The lowest BCUT2D eigenvalue weighted by molar-refractivity contribution is -0.120. The first-order valence-corrected chi connectivity index (χ1v) is 9.76. The van der Waals surface area contributed by atoms with Crippen molar-refractivity contribution in [1.29, 1.82) is 0 Å². The average Bonchev–Trinajstić information content (AvgIpc) is 2.73. The summed E-state index contributed by atoms with van der Waals surface area (Å²) in [6, 6.07) is 17.0. The lowest BCUT2D eigenvalue weighted by atomic mass is 10.0. The Morgan fingerprint density at radius 2 is 1.79 bits per heavy atom. The summed E-state index contributed by atoms with van der Waals surface area (Å²) in [6.07, 6.45) is 0.762. The van der Waals surface area contributed by atoms with E-state index < -0.39 is 0 Å². The summed E-state index contributed by atoms with van der Waals surface area (Å²) in [5.41, 5.74) is 1.89. The summed E-state index contributed by atoms with van der Waals surface area (Å²) in [5.74, 6) is 0.747. The van der Waals surface area contributed by atoms with E-state index in [0.717, 1.165) is 23.4 Å². The predicted octanol–water partition coefficient (Wildman–Crippen LogP) is 3.59. The maximum absolute atomic E-state index is 12.7. The van der Waals surface area contributed by atoms with Crippen molar-refractivity contribution in [2.75, 3.05) is 31.1 Å². The number of hydrogen-bond acceptors (Lipinski definition) is 3. The molecule has 148 valence electrons. The maximum Gasteiger partial charge on any atom is 0.318 e. The monoisotopic (exact) mass is 381 g/mol. The molecule has 1 aliphatic heterocycles. The number of hydrogen-bond donors (Lipinski definition) is 1. The molecule has 0 aromatic heterocycles. The third-order valence-electron chi connectivity index (χ3n) is 4.88. The molecule has 1 saturated heterocycles. The van der Waals surface area contributed by atoms with Gasteiger partial charge in [-0.1, -0.05) is 37.3 Å². The van der Waals surface area contributed by atoms with E-state index in [9.17, 15) is 9.59 Å². The topological polar surface area (TPSA) is 61.9 Å². The minimum atomic E-state index is -0.207.